The molecule has 0 aromatic heterocycles. The number of carbonyl (C=O) groups excluding carboxylic acids is 2. The molecule has 190 valence electrons. The van der Waals surface area contributed by atoms with Crippen LogP contribution in [-0.4, -0.2) is 71.2 Å². The first-order valence-electron chi connectivity index (χ1n) is 10.8. The van der Waals surface area contributed by atoms with Crippen molar-refractivity contribution in [3.63, 3.8) is 0 Å². The minimum Gasteiger partial charge on any atom is -0.481 e. The van der Waals surface area contributed by atoms with Crippen LogP contribution in [0.15, 0.2) is 30.3 Å². The molecule has 2 rings (SSSR count). The second-order valence-corrected chi connectivity index (χ2v) is 7.84. The van der Waals surface area contributed by atoms with E-state index in [1.807, 2.05) is 18.2 Å². The molecule has 2 atom stereocenters. The van der Waals surface area contributed by atoms with Crippen molar-refractivity contribution in [1.82, 2.24) is 10.2 Å². The number of hydrogen-bond acceptors (Lipinski definition) is 5. The number of halogens is 3. The molecule has 1 aromatic rings. The first kappa shape index (κ1) is 28.9. The Hall–Kier alpha value is -3.15. The van der Waals surface area contributed by atoms with Crippen LogP contribution in [-0.2, 0) is 25.6 Å². The maximum Gasteiger partial charge on any atom is 0.490 e. The lowest BCUT2D eigenvalue weighted by Crippen LogP contribution is -2.33. The van der Waals surface area contributed by atoms with E-state index in [0.717, 1.165) is 12.8 Å². The first-order valence-corrected chi connectivity index (χ1v) is 10.8. The summed E-state index contributed by atoms with van der Waals surface area (Å²) in [6, 6.07) is 10.1. The van der Waals surface area contributed by atoms with Crippen LogP contribution in [0.4, 0.5) is 13.2 Å². The largest absolute Gasteiger partial charge is 0.490 e. The lowest BCUT2D eigenvalue weighted by molar-refractivity contribution is -0.192. The minimum atomic E-state index is -5.08. The van der Waals surface area contributed by atoms with Gasteiger partial charge in [0.15, 0.2) is 0 Å². The van der Waals surface area contributed by atoms with E-state index in [4.69, 9.17) is 20.7 Å². The Morgan fingerprint density at radius 3 is 2.26 bits per heavy atom. The summed E-state index contributed by atoms with van der Waals surface area (Å²) in [5, 5.41) is 19.1. The number of carbonyl (C=O) groups is 4. The number of carboxylic acid groups (broad SMARTS) is 2. The van der Waals surface area contributed by atoms with E-state index >= 15 is 0 Å². The van der Waals surface area contributed by atoms with Crippen LogP contribution < -0.4 is 11.1 Å². The zero-order valence-corrected chi connectivity index (χ0v) is 18.6. The smallest absolute Gasteiger partial charge is 0.481 e. The second kappa shape index (κ2) is 14.2. The Morgan fingerprint density at radius 1 is 1.12 bits per heavy atom. The molecule has 1 aromatic carbocycles. The molecule has 0 bridgehead atoms. The summed E-state index contributed by atoms with van der Waals surface area (Å²) < 4.78 is 31.7. The maximum absolute atomic E-state index is 12.6. The van der Waals surface area contributed by atoms with Crippen molar-refractivity contribution >= 4 is 23.8 Å². The molecular weight excluding hydrogens is 459 g/mol. The Bertz CT molecular complexity index is 820. The zero-order valence-electron chi connectivity index (χ0n) is 18.6. The van der Waals surface area contributed by atoms with E-state index in [1.54, 1.807) is 4.90 Å². The normalized spacial score (nSPS) is 17.6. The Balaban J connectivity index is 0.000000718. The van der Waals surface area contributed by atoms with Crippen LogP contribution in [0.5, 0.6) is 0 Å². The van der Waals surface area contributed by atoms with Crippen molar-refractivity contribution in [2.24, 2.45) is 17.6 Å². The Labute approximate surface area is 195 Å². The summed E-state index contributed by atoms with van der Waals surface area (Å²) in [5.74, 6) is -4.72. The number of carboxylic acids is 2. The fourth-order valence-corrected chi connectivity index (χ4v) is 3.50. The van der Waals surface area contributed by atoms with E-state index in [1.165, 1.54) is 5.56 Å². The van der Waals surface area contributed by atoms with Gasteiger partial charge in [0.1, 0.15) is 0 Å². The molecule has 1 aliphatic rings. The first-order chi connectivity index (χ1) is 16.0. The van der Waals surface area contributed by atoms with E-state index in [-0.39, 0.29) is 24.2 Å². The molecule has 34 heavy (non-hydrogen) atoms. The van der Waals surface area contributed by atoms with Crippen LogP contribution >= 0.6 is 0 Å². The fourth-order valence-electron chi connectivity index (χ4n) is 3.50. The summed E-state index contributed by atoms with van der Waals surface area (Å²) >= 11 is 0. The van der Waals surface area contributed by atoms with Gasteiger partial charge in [-0.2, -0.15) is 13.2 Å². The van der Waals surface area contributed by atoms with E-state index in [2.05, 4.69) is 17.4 Å². The summed E-state index contributed by atoms with van der Waals surface area (Å²) in [6.07, 6.45) is -2.63. The fraction of sp³-hybridized carbons (Fsp3) is 0.545. The van der Waals surface area contributed by atoms with Crippen molar-refractivity contribution in [2.45, 2.75) is 38.3 Å². The second-order valence-electron chi connectivity index (χ2n) is 7.84. The van der Waals surface area contributed by atoms with Crippen molar-refractivity contribution in [2.75, 3.05) is 26.2 Å². The van der Waals surface area contributed by atoms with Gasteiger partial charge in [-0.1, -0.05) is 30.3 Å². The predicted octanol–water partition coefficient (Wildman–Crippen LogP) is 1.66. The van der Waals surface area contributed by atoms with E-state index in [0.29, 0.717) is 39.0 Å². The van der Waals surface area contributed by atoms with Gasteiger partial charge in [0.25, 0.3) is 0 Å². The third kappa shape index (κ3) is 10.6. The Morgan fingerprint density at radius 2 is 1.74 bits per heavy atom. The van der Waals surface area contributed by atoms with E-state index in [9.17, 15) is 27.6 Å². The minimum absolute atomic E-state index is 0.107. The molecule has 9 nitrogen and oxygen atoms in total. The molecule has 1 aliphatic heterocycles. The van der Waals surface area contributed by atoms with Crippen molar-refractivity contribution in [3.05, 3.63) is 35.9 Å². The summed E-state index contributed by atoms with van der Waals surface area (Å²) in [5.41, 5.74) is 6.62. The Kier molecular flexibility index (Phi) is 12.1. The number of benzene rings is 1. The molecular formula is C22H30F3N3O6. The van der Waals surface area contributed by atoms with Crippen LogP contribution in [0.3, 0.4) is 0 Å². The lowest BCUT2D eigenvalue weighted by Gasteiger charge is -2.17. The highest BCUT2D eigenvalue weighted by molar-refractivity contribution is 5.85. The molecule has 2 amide bonds. The van der Waals surface area contributed by atoms with Crippen molar-refractivity contribution in [1.29, 1.82) is 0 Å². The average Bonchev–Trinajstić information content (AvgIpc) is 3.05. The van der Waals surface area contributed by atoms with Crippen LogP contribution in [0.2, 0.25) is 0 Å². The number of hydrogen-bond donors (Lipinski definition) is 4. The number of nitrogens with zero attached hydrogens (tertiary/aromatic N) is 1. The van der Waals surface area contributed by atoms with Gasteiger partial charge in [0, 0.05) is 32.0 Å². The summed E-state index contributed by atoms with van der Waals surface area (Å²) in [6.45, 7) is 1.86. The average molecular weight is 489 g/mol. The molecule has 5 N–H and O–H groups in total. The zero-order chi connectivity index (χ0) is 25.7. The van der Waals surface area contributed by atoms with Crippen LogP contribution in [0.25, 0.3) is 0 Å². The maximum atomic E-state index is 12.6. The summed E-state index contributed by atoms with van der Waals surface area (Å²) in [4.78, 5) is 46.2. The molecule has 0 unspecified atom stereocenters. The molecule has 12 heteroatoms. The third-order valence-electron chi connectivity index (χ3n) is 5.20. The third-order valence-corrected chi connectivity index (χ3v) is 5.20. The number of alkyl halides is 3. The molecule has 1 saturated heterocycles. The standard InChI is InChI=1S/C20H29N3O4.C2HF3O2/c21-10-4-9-18(24)22-13-16-14-23(20(27)17(16)12-19(25)26)11-5-8-15-6-2-1-3-7-15;3-2(4,5)1(6)7/h1-3,6-7,16-17H,4-5,8-14,21H2,(H,22,24)(H,25,26);(H,6,7)/t16-,17+;/m1./s1. The van der Waals surface area contributed by atoms with Gasteiger partial charge >= 0.3 is 18.1 Å². The highest BCUT2D eigenvalue weighted by Crippen LogP contribution is 2.28. The number of likely N-dealkylation sites (tertiary alicyclic amines) is 1. The van der Waals surface area contributed by atoms with Gasteiger partial charge < -0.3 is 26.2 Å². The summed E-state index contributed by atoms with van der Waals surface area (Å²) in [7, 11) is 0. The molecule has 0 spiro atoms. The SMILES string of the molecule is NCCCC(=O)NC[C@@H]1CN(CCCc2ccccc2)C(=O)[C@H]1CC(=O)O.O=C(O)C(F)(F)F. The quantitative estimate of drug-likeness (QED) is 0.369. The molecule has 0 radical (unpaired) electrons. The number of aliphatic carboxylic acids is 2. The molecule has 0 saturated carbocycles. The van der Waals surface area contributed by atoms with Gasteiger partial charge in [0.2, 0.25) is 11.8 Å². The van der Waals surface area contributed by atoms with Crippen LogP contribution in [0.1, 0.15) is 31.2 Å². The van der Waals surface area contributed by atoms with Gasteiger partial charge in [0.05, 0.1) is 12.3 Å². The van der Waals surface area contributed by atoms with Gasteiger partial charge in [-0.15, -0.1) is 0 Å². The predicted molar refractivity (Wildman–Crippen MR) is 116 cm³/mol. The molecule has 0 aliphatic carbocycles. The number of amides is 2. The van der Waals surface area contributed by atoms with Gasteiger partial charge in [-0.25, -0.2) is 4.79 Å². The van der Waals surface area contributed by atoms with Crippen molar-refractivity contribution in [3.8, 4) is 0 Å². The lowest BCUT2D eigenvalue weighted by atomic mass is 9.92. The van der Waals surface area contributed by atoms with Gasteiger partial charge in [-0.3, -0.25) is 14.4 Å². The number of rotatable bonds is 11. The van der Waals surface area contributed by atoms with Crippen molar-refractivity contribution < 1.29 is 42.6 Å². The topological polar surface area (TPSA) is 150 Å². The molecule has 1 fully saturated rings. The number of aryl methyl sites for hydroxylation is 1. The highest BCUT2D eigenvalue weighted by atomic mass is 19.4. The van der Waals surface area contributed by atoms with Crippen LogP contribution in [0, 0.1) is 11.8 Å². The number of nitrogens with two attached hydrogens (primary N) is 1. The number of nitrogens with one attached hydrogen (secondary N) is 1. The van der Waals surface area contributed by atoms with E-state index < -0.39 is 24.0 Å². The monoisotopic (exact) mass is 489 g/mol. The molecule has 1 heterocycles. The highest BCUT2D eigenvalue weighted by Gasteiger charge is 2.41. The van der Waals surface area contributed by atoms with Gasteiger partial charge in [-0.05, 0) is 31.4 Å².